The highest BCUT2D eigenvalue weighted by molar-refractivity contribution is 9.10. The van der Waals surface area contributed by atoms with E-state index >= 15 is 0 Å². The summed E-state index contributed by atoms with van der Waals surface area (Å²) in [7, 11) is 0. The van der Waals surface area contributed by atoms with Crippen molar-refractivity contribution in [1.29, 1.82) is 0 Å². The first kappa shape index (κ1) is 14.8. The monoisotopic (exact) mass is 339 g/mol. The molecule has 0 saturated carbocycles. The average molecular weight is 340 g/mol. The summed E-state index contributed by atoms with van der Waals surface area (Å²) in [5.74, 6) is -0.360. The molecule has 1 aromatic carbocycles. The van der Waals surface area contributed by atoms with Crippen LogP contribution >= 0.6 is 15.9 Å². The Hall–Kier alpha value is -1.56. The topological polar surface area (TPSA) is 75.4 Å². The van der Waals surface area contributed by atoms with Crippen molar-refractivity contribution in [2.45, 2.75) is 19.3 Å². The molecule has 3 N–H and O–H groups in total. The molecule has 1 fully saturated rings. The van der Waals surface area contributed by atoms with Crippen molar-refractivity contribution in [3.8, 4) is 0 Å². The lowest BCUT2D eigenvalue weighted by Crippen LogP contribution is -2.42. The Bertz CT molecular complexity index is 513. The number of halogens is 1. The smallest absolute Gasteiger partial charge is 0.253 e. The molecule has 0 aliphatic carbocycles. The molecule has 6 heteroatoms. The molecular formula is C14H18BrN3O2. The minimum Gasteiger partial charge on any atom is -0.398 e. The summed E-state index contributed by atoms with van der Waals surface area (Å²) >= 11 is 3.30. The molecule has 0 radical (unpaired) electrons. The normalized spacial score (nSPS) is 14.9. The lowest BCUT2D eigenvalue weighted by molar-refractivity contribution is -0.130. The van der Waals surface area contributed by atoms with E-state index in [1.54, 1.807) is 23.1 Å². The molecule has 1 aromatic rings. The predicted molar refractivity (Wildman–Crippen MR) is 81.3 cm³/mol. The first-order valence-electron chi connectivity index (χ1n) is 6.69. The van der Waals surface area contributed by atoms with Crippen LogP contribution in [-0.4, -0.2) is 36.3 Å². The van der Waals surface area contributed by atoms with Crippen LogP contribution in [0.3, 0.4) is 0 Å². The Morgan fingerprint density at radius 1 is 1.25 bits per heavy atom. The van der Waals surface area contributed by atoms with Gasteiger partial charge >= 0.3 is 0 Å². The molecule has 0 unspecified atom stereocenters. The van der Waals surface area contributed by atoms with Crippen molar-refractivity contribution in [3.05, 3.63) is 28.2 Å². The molecule has 0 aromatic heterocycles. The molecular weight excluding hydrogens is 322 g/mol. The highest BCUT2D eigenvalue weighted by atomic mass is 79.9. The van der Waals surface area contributed by atoms with Gasteiger partial charge in [0.25, 0.3) is 5.91 Å². The molecule has 1 aliphatic rings. The van der Waals surface area contributed by atoms with Crippen molar-refractivity contribution < 1.29 is 9.59 Å². The Balaban J connectivity index is 1.91. The number of amides is 2. The Kier molecular flexibility index (Phi) is 5.00. The SMILES string of the molecule is Nc1ccc(Br)cc1C(=O)NCC(=O)N1CCCCC1. The number of hydrogen-bond donors (Lipinski definition) is 2. The number of piperidine rings is 1. The number of carbonyl (C=O) groups is 2. The summed E-state index contributed by atoms with van der Waals surface area (Å²) in [6.45, 7) is 1.59. The third kappa shape index (κ3) is 3.72. The highest BCUT2D eigenvalue weighted by Gasteiger charge is 2.18. The average Bonchev–Trinajstić information content (AvgIpc) is 2.47. The number of benzene rings is 1. The molecule has 5 nitrogen and oxygen atoms in total. The van der Waals surface area contributed by atoms with E-state index in [-0.39, 0.29) is 18.4 Å². The molecule has 108 valence electrons. The summed E-state index contributed by atoms with van der Waals surface area (Å²) in [6, 6.07) is 5.08. The Morgan fingerprint density at radius 3 is 2.65 bits per heavy atom. The van der Waals surface area contributed by atoms with Crippen LogP contribution in [0.2, 0.25) is 0 Å². The van der Waals surface area contributed by atoms with Crippen molar-refractivity contribution in [2.75, 3.05) is 25.4 Å². The van der Waals surface area contributed by atoms with Gasteiger partial charge in [0.2, 0.25) is 5.91 Å². The molecule has 20 heavy (non-hydrogen) atoms. The van der Waals surface area contributed by atoms with Gasteiger partial charge < -0.3 is 16.0 Å². The summed E-state index contributed by atoms with van der Waals surface area (Å²) in [5, 5.41) is 2.63. The van der Waals surface area contributed by atoms with Gasteiger partial charge in [-0.1, -0.05) is 15.9 Å². The number of nitrogens with one attached hydrogen (secondary N) is 1. The van der Waals surface area contributed by atoms with E-state index in [1.165, 1.54) is 6.42 Å². The van der Waals surface area contributed by atoms with Gasteiger partial charge in [0.05, 0.1) is 12.1 Å². The van der Waals surface area contributed by atoms with Crippen LogP contribution in [-0.2, 0) is 4.79 Å². The second-order valence-electron chi connectivity index (χ2n) is 4.86. The van der Waals surface area contributed by atoms with Crippen LogP contribution in [0.15, 0.2) is 22.7 Å². The minimum absolute atomic E-state index is 0.0186. The fourth-order valence-electron chi connectivity index (χ4n) is 2.23. The number of carbonyl (C=O) groups excluding carboxylic acids is 2. The molecule has 0 atom stereocenters. The molecule has 1 heterocycles. The van der Waals surface area contributed by atoms with E-state index in [0.717, 1.165) is 30.4 Å². The van der Waals surface area contributed by atoms with Gasteiger partial charge in [-0.15, -0.1) is 0 Å². The molecule has 0 spiro atoms. The number of nitrogen functional groups attached to an aromatic ring is 1. The number of anilines is 1. The number of likely N-dealkylation sites (tertiary alicyclic amines) is 1. The van der Waals surface area contributed by atoms with E-state index < -0.39 is 0 Å². The summed E-state index contributed by atoms with van der Waals surface area (Å²) in [5.41, 5.74) is 6.54. The Morgan fingerprint density at radius 2 is 1.95 bits per heavy atom. The lowest BCUT2D eigenvalue weighted by Gasteiger charge is -2.26. The zero-order chi connectivity index (χ0) is 14.5. The molecule has 0 bridgehead atoms. The maximum Gasteiger partial charge on any atom is 0.253 e. The van der Waals surface area contributed by atoms with Crippen LogP contribution in [0.5, 0.6) is 0 Å². The third-order valence-electron chi connectivity index (χ3n) is 3.37. The molecule has 1 aliphatic heterocycles. The zero-order valence-electron chi connectivity index (χ0n) is 11.2. The van der Waals surface area contributed by atoms with Crippen molar-refractivity contribution >= 4 is 33.4 Å². The van der Waals surface area contributed by atoms with Gasteiger partial charge in [0.15, 0.2) is 0 Å². The van der Waals surface area contributed by atoms with Crippen LogP contribution in [0.1, 0.15) is 29.6 Å². The van der Waals surface area contributed by atoms with Gasteiger partial charge in [0, 0.05) is 23.2 Å². The van der Waals surface area contributed by atoms with Crippen molar-refractivity contribution in [1.82, 2.24) is 10.2 Å². The maximum atomic E-state index is 12.0. The van der Waals surface area contributed by atoms with Crippen molar-refractivity contribution in [2.24, 2.45) is 0 Å². The lowest BCUT2D eigenvalue weighted by atomic mass is 10.1. The first-order valence-corrected chi connectivity index (χ1v) is 7.48. The Labute approximate surface area is 126 Å². The predicted octanol–water partition coefficient (Wildman–Crippen LogP) is 1.77. The van der Waals surface area contributed by atoms with Gasteiger partial charge in [0.1, 0.15) is 0 Å². The quantitative estimate of drug-likeness (QED) is 0.824. The van der Waals surface area contributed by atoms with Crippen LogP contribution in [0.25, 0.3) is 0 Å². The first-order chi connectivity index (χ1) is 9.58. The number of hydrogen-bond acceptors (Lipinski definition) is 3. The molecule has 2 rings (SSSR count). The van der Waals surface area contributed by atoms with Gasteiger partial charge in [-0.25, -0.2) is 0 Å². The summed E-state index contributed by atoms with van der Waals surface area (Å²) < 4.78 is 0.777. The van der Waals surface area contributed by atoms with E-state index in [4.69, 9.17) is 5.73 Å². The fourth-order valence-corrected chi connectivity index (χ4v) is 2.59. The van der Waals surface area contributed by atoms with Crippen molar-refractivity contribution in [3.63, 3.8) is 0 Å². The van der Waals surface area contributed by atoms with Gasteiger partial charge in [-0.3, -0.25) is 9.59 Å². The maximum absolute atomic E-state index is 12.0. The summed E-state index contributed by atoms with van der Waals surface area (Å²) in [4.78, 5) is 25.8. The highest BCUT2D eigenvalue weighted by Crippen LogP contribution is 2.18. The van der Waals surface area contributed by atoms with E-state index in [1.807, 2.05) is 0 Å². The number of rotatable bonds is 3. The molecule has 1 saturated heterocycles. The van der Waals surface area contributed by atoms with E-state index in [0.29, 0.717) is 11.3 Å². The number of nitrogens with two attached hydrogens (primary N) is 1. The van der Waals surface area contributed by atoms with Crippen LogP contribution < -0.4 is 11.1 Å². The van der Waals surface area contributed by atoms with E-state index in [9.17, 15) is 9.59 Å². The fraction of sp³-hybridized carbons (Fsp3) is 0.429. The standard InChI is InChI=1S/C14H18BrN3O2/c15-10-4-5-12(16)11(8-10)14(20)17-9-13(19)18-6-2-1-3-7-18/h4-5,8H,1-3,6-7,9,16H2,(H,17,20). The summed E-state index contributed by atoms with van der Waals surface area (Å²) in [6.07, 6.45) is 3.25. The van der Waals surface area contributed by atoms with Gasteiger partial charge in [-0.05, 0) is 37.5 Å². The second-order valence-corrected chi connectivity index (χ2v) is 5.77. The van der Waals surface area contributed by atoms with Crippen LogP contribution in [0, 0.1) is 0 Å². The minimum atomic E-state index is -0.325. The zero-order valence-corrected chi connectivity index (χ0v) is 12.8. The second kappa shape index (κ2) is 6.74. The van der Waals surface area contributed by atoms with Gasteiger partial charge in [-0.2, -0.15) is 0 Å². The third-order valence-corrected chi connectivity index (χ3v) is 3.86. The number of nitrogens with zero attached hydrogens (tertiary/aromatic N) is 1. The van der Waals surface area contributed by atoms with E-state index in [2.05, 4.69) is 21.2 Å². The largest absolute Gasteiger partial charge is 0.398 e. The molecule has 2 amide bonds. The van der Waals surface area contributed by atoms with Crippen LogP contribution in [0.4, 0.5) is 5.69 Å².